The molecule has 0 aliphatic carbocycles. The Labute approximate surface area is 146 Å². The number of piperidine rings is 1. The van der Waals surface area contributed by atoms with Crippen LogP contribution in [0.1, 0.15) is 46.1 Å². The molecule has 0 radical (unpaired) electrons. The van der Waals surface area contributed by atoms with Gasteiger partial charge in [-0.05, 0) is 57.4 Å². The van der Waals surface area contributed by atoms with Gasteiger partial charge < -0.3 is 15.0 Å². The molecule has 0 aromatic heterocycles. The summed E-state index contributed by atoms with van der Waals surface area (Å²) in [7, 11) is 1.97. The number of likely N-dealkylation sites (tertiary alicyclic amines) is 1. The number of amides is 1. The third-order valence-electron chi connectivity index (χ3n) is 4.81. The van der Waals surface area contributed by atoms with Gasteiger partial charge in [-0.25, -0.2) is 0 Å². The summed E-state index contributed by atoms with van der Waals surface area (Å²) in [6.45, 7) is 10.7. The molecule has 1 aromatic rings. The van der Waals surface area contributed by atoms with Crippen molar-refractivity contribution in [2.24, 2.45) is 5.92 Å². The lowest BCUT2D eigenvalue weighted by molar-refractivity contribution is -0.137. The maximum atomic E-state index is 13.0. The fourth-order valence-corrected chi connectivity index (χ4v) is 3.15. The van der Waals surface area contributed by atoms with Gasteiger partial charge in [-0.3, -0.25) is 4.79 Å². The first kappa shape index (κ1) is 18.8. The van der Waals surface area contributed by atoms with Gasteiger partial charge in [-0.1, -0.05) is 26.0 Å². The number of ether oxygens (including phenoxy) is 1. The van der Waals surface area contributed by atoms with E-state index in [0.717, 1.165) is 37.2 Å². The molecule has 1 heterocycles. The minimum atomic E-state index is -0.522. The Bertz CT molecular complexity index is 537. The molecule has 1 aliphatic heterocycles. The zero-order valence-corrected chi connectivity index (χ0v) is 15.8. The Hall–Kier alpha value is -1.55. The van der Waals surface area contributed by atoms with Crippen molar-refractivity contribution < 1.29 is 9.53 Å². The Morgan fingerprint density at radius 3 is 2.58 bits per heavy atom. The fraction of sp³-hybridized carbons (Fsp3) is 0.650. The number of hydrogen-bond acceptors (Lipinski definition) is 3. The average Bonchev–Trinajstić information content (AvgIpc) is 2.59. The molecule has 1 fully saturated rings. The SMILES string of the molecule is CNC1CCCN(C(=O)C(C)(C)c2ccc(OCC(C)C)cc2)C1. The first-order valence-electron chi connectivity index (χ1n) is 9.04. The summed E-state index contributed by atoms with van der Waals surface area (Å²) in [6, 6.07) is 8.39. The molecule has 0 spiro atoms. The maximum absolute atomic E-state index is 13.0. The molecule has 0 bridgehead atoms. The van der Waals surface area contributed by atoms with E-state index in [4.69, 9.17) is 4.74 Å². The number of carbonyl (C=O) groups excluding carboxylic acids is 1. The molecule has 4 nitrogen and oxygen atoms in total. The van der Waals surface area contributed by atoms with Gasteiger partial charge >= 0.3 is 0 Å². The lowest BCUT2D eigenvalue weighted by Crippen LogP contribution is -2.51. The zero-order valence-electron chi connectivity index (χ0n) is 15.8. The van der Waals surface area contributed by atoms with Gasteiger partial charge in [0.2, 0.25) is 5.91 Å². The summed E-state index contributed by atoms with van der Waals surface area (Å²) in [5.41, 5.74) is 0.516. The number of likely N-dealkylation sites (N-methyl/N-ethyl adjacent to an activating group) is 1. The standard InChI is InChI=1S/C20H32N2O2/c1-15(2)14-24-18-10-8-16(9-11-18)20(3,4)19(23)22-12-6-7-17(13-22)21-5/h8-11,15,17,21H,6-7,12-14H2,1-5H3. The molecule has 24 heavy (non-hydrogen) atoms. The molecule has 1 saturated heterocycles. The number of benzene rings is 1. The van der Waals surface area contributed by atoms with Crippen molar-refractivity contribution in [1.29, 1.82) is 0 Å². The Morgan fingerprint density at radius 2 is 2.00 bits per heavy atom. The first-order chi connectivity index (χ1) is 11.3. The van der Waals surface area contributed by atoms with Gasteiger partial charge in [0.1, 0.15) is 5.75 Å². The molecule has 134 valence electrons. The number of rotatable bonds is 6. The molecule has 2 rings (SSSR count). The summed E-state index contributed by atoms with van der Waals surface area (Å²) in [5, 5.41) is 3.30. The van der Waals surface area contributed by atoms with Crippen LogP contribution in [0.4, 0.5) is 0 Å². The zero-order chi connectivity index (χ0) is 17.7. The quantitative estimate of drug-likeness (QED) is 0.870. The molecule has 1 amide bonds. The van der Waals surface area contributed by atoms with E-state index in [1.807, 2.05) is 50.1 Å². The van der Waals surface area contributed by atoms with Gasteiger partial charge in [0, 0.05) is 19.1 Å². The number of hydrogen-bond donors (Lipinski definition) is 1. The van der Waals surface area contributed by atoms with E-state index in [1.54, 1.807) is 0 Å². The molecule has 1 atom stereocenters. The van der Waals surface area contributed by atoms with Crippen LogP contribution in [0, 0.1) is 5.92 Å². The fourth-order valence-electron chi connectivity index (χ4n) is 3.15. The monoisotopic (exact) mass is 332 g/mol. The van der Waals surface area contributed by atoms with E-state index >= 15 is 0 Å². The van der Waals surface area contributed by atoms with Crippen LogP contribution in [0.3, 0.4) is 0 Å². The van der Waals surface area contributed by atoms with Gasteiger partial charge in [-0.15, -0.1) is 0 Å². The van der Waals surface area contributed by atoms with Gasteiger partial charge in [0.25, 0.3) is 0 Å². The van der Waals surface area contributed by atoms with Crippen molar-refractivity contribution in [2.45, 2.75) is 52.0 Å². The highest BCUT2D eigenvalue weighted by molar-refractivity contribution is 5.87. The number of carbonyl (C=O) groups is 1. The second-order valence-corrected chi connectivity index (χ2v) is 7.73. The van der Waals surface area contributed by atoms with E-state index in [1.165, 1.54) is 0 Å². The second kappa shape index (κ2) is 8.02. The van der Waals surface area contributed by atoms with Crippen LogP contribution in [-0.4, -0.2) is 43.6 Å². The minimum absolute atomic E-state index is 0.207. The third kappa shape index (κ3) is 4.50. The highest BCUT2D eigenvalue weighted by atomic mass is 16.5. The van der Waals surface area contributed by atoms with Gasteiger partial charge in [0.15, 0.2) is 0 Å². The first-order valence-corrected chi connectivity index (χ1v) is 9.04. The van der Waals surface area contributed by atoms with Crippen molar-refractivity contribution in [2.75, 3.05) is 26.7 Å². The van der Waals surface area contributed by atoms with E-state index in [9.17, 15) is 4.79 Å². The van der Waals surface area contributed by atoms with Crippen molar-refractivity contribution in [3.8, 4) is 5.75 Å². The molecular weight excluding hydrogens is 300 g/mol. The summed E-state index contributed by atoms with van der Waals surface area (Å²) >= 11 is 0. The summed E-state index contributed by atoms with van der Waals surface area (Å²) in [5.74, 6) is 1.57. The Morgan fingerprint density at radius 1 is 1.33 bits per heavy atom. The Balaban J connectivity index is 2.06. The lowest BCUT2D eigenvalue weighted by Gasteiger charge is -2.37. The second-order valence-electron chi connectivity index (χ2n) is 7.73. The smallest absolute Gasteiger partial charge is 0.232 e. The normalized spacial score (nSPS) is 18.8. The van der Waals surface area contributed by atoms with E-state index < -0.39 is 5.41 Å². The topological polar surface area (TPSA) is 41.6 Å². The highest BCUT2D eigenvalue weighted by Crippen LogP contribution is 2.29. The van der Waals surface area contributed by atoms with Crippen molar-refractivity contribution in [1.82, 2.24) is 10.2 Å². The van der Waals surface area contributed by atoms with Crippen LogP contribution < -0.4 is 10.1 Å². The van der Waals surface area contributed by atoms with Crippen LogP contribution in [0.2, 0.25) is 0 Å². The van der Waals surface area contributed by atoms with Crippen molar-refractivity contribution >= 4 is 5.91 Å². The summed E-state index contributed by atoms with van der Waals surface area (Å²) in [6.07, 6.45) is 2.21. The molecular formula is C20H32N2O2. The number of nitrogens with zero attached hydrogens (tertiary/aromatic N) is 1. The Kier molecular flexibility index (Phi) is 6.27. The van der Waals surface area contributed by atoms with Crippen LogP contribution in [0.25, 0.3) is 0 Å². The largest absolute Gasteiger partial charge is 0.493 e. The van der Waals surface area contributed by atoms with Crippen molar-refractivity contribution in [3.05, 3.63) is 29.8 Å². The molecule has 0 saturated carbocycles. The highest BCUT2D eigenvalue weighted by Gasteiger charge is 2.35. The molecule has 1 N–H and O–H groups in total. The van der Waals surface area contributed by atoms with Crippen LogP contribution >= 0.6 is 0 Å². The third-order valence-corrected chi connectivity index (χ3v) is 4.81. The molecule has 1 aliphatic rings. The van der Waals surface area contributed by atoms with E-state index in [0.29, 0.717) is 18.6 Å². The predicted octanol–water partition coefficient (Wildman–Crippen LogP) is 3.21. The van der Waals surface area contributed by atoms with Crippen molar-refractivity contribution in [3.63, 3.8) is 0 Å². The van der Waals surface area contributed by atoms with E-state index in [-0.39, 0.29) is 5.91 Å². The van der Waals surface area contributed by atoms with Gasteiger partial charge in [-0.2, -0.15) is 0 Å². The van der Waals surface area contributed by atoms with Crippen LogP contribution in [0.5, 0.6) is 5.75 Å². The lowest BCUT2D eigenvalue weighted by atomic mass is 9.82. The summed E-state index contributed by atoms with van der Waals surface area (Å²) in [4.78, 5) is 15.1. The van der Waals surface area contributed by atoms with Crippen LogP contribution in [-0.2, 0) is 10.2 Å². The minimum Gasteiger partial charge on any atom is -0.493 e. The van der Waals surface area contributed by atoms with Crippen LogP contribution in [0.15, 0.2) is 24.3 Å². The summed E-state index contributed by atoms with van der Waals surface area (Å²) < 4.78 is 5.74. The number of nitrogens with one attached hydrogen (secondary N) is 1. The predicted molar refractivity (Wildman–Crippen MR) is 98.5 cm³/mol. The van der Waals surface area contributed by atoms with E-state index in [2.05, 4.69) is 19.2 Å². The molecule has 1 unspecified atom stereocenters. The van der Waals surface area contributed by atoms with Gasteiger partial charge in [0.05, 0.1) is 12.0 Å². The average molecular weight is 332 g/mol. The maximum Gasteiger partial charge on any atom is 0.232 e. The molecule has 4 heteroatoms. The molecule has 1 aromatic carbocycles.